The lowest BCUT2D eigenvalue weighted by Crippen LogP contribution is -2.35. The Morgan fingerprint density at radius 1 is 1.12 bits per heavy atom. The first-order valence-corrected chi connectivity index (χ1v) is 11.1. The number of hydrogen-bond acceptors (Lipinski definition) is 3. The number of nitrogens with zero attached hydrogens (tertiary/aromatic N) is 2. The zero-order chi connectivity index (χ0) is 24.0. The third-order valence-electron chi connectivity index (χ3n) is 6.02. The first-order chi connectivity index (χ1) is 15.5. The van der Waals surface area contributed by atoms with Crippen LogP contribution >= 0.6 is 0 Å². The third-order valence-corrected chi connectivity index (χ3v) is 6.02. The molecule has 2 heterocycles. The van der Waals surface area contributed by atoms with Gasteiger partial charge in [-0.25, -0.2) is 0 Å². The fourth-order valence-electron chi connectivity index (χ4n) is 4.48. The van der Waals surface area contributed by atoms with Crippen LogP contribution in [-0.2, 0) is 17.5 Å². The molecule has 1 atom stereocenters. The van der Waals surface area contributed by atoms with Gasteiger partial charge < -0.3 is 10.2 Å². The highest BCUT2D eigenvalue weighted by Crippen LogP contribution is 2.43. The van der Waals surface area contributed by atoms with Gasteiger partial charge in [-0.2, -0.15) is 13.2 Å². The number of amides is 1. The standard InChI is InChI=1S/C26H28F3N3O/c1-16(2)21-20-22(31-25(3,4)15-30-21)24(33)32(14-17-9-6-5-7-10-17)23(20)18-11-8-12-19(13-18)26(27,28)29/h5-13,16,23,30H,14-15H2,1-4H3. The summed E-state index contributed by atoms with van der Waals surface area (Å²) in [6.07, 6.45) is -4.47. The Morgan fingerprint density at radius 3 is 2.45 bits per heavy atom. The predicted molar refractivity (Wildman–Crippen MR) is 123 cm³/mol. The molecule has 0 bridgehead atoms. The third kappa shape index (κ3) is 4.54. The second-order valence-corrected chi connectivity index (χ2v) is 9.55. The number of carbonyl (C=O) groups is 1. The van der Waals surface area contributed by atoms with Crippen LogP contribution in [0.5, 0.6) is 0 Å². The minimum Gasteiger partial charge on any atom is -0.385 e. The Labute approximate surface area is 192 Å². The predicted octanol–water partition coefficient (Wildman–Crippen LogP) is 5.52. The van der Waals surface area contributed by atoms with Gasteiger partial charge in [0.05, 0.1) is 17.1 Å². The molecule has 2 aliphatic heterocycles. The summed E-state index contributed by atoms with van der Waals surface area (Å²) >= 11 is 0. The molecule has 0 radical (unpaired) electrons. The minimum atomic E-state index is -4.47. The summed E-state index contributed by atoms with van der Waals surface area (Å²) < 4.78 is 40.7. The van der Waals surface area contributed by atoms with E-state index in [2.05, 4.69) is 5.32 Å². The molecule has 1 saturated heterocycles. The Hall–Kier alpha value is -3.09. The van der Waals surface area contributed by atoms with Gasteiger partial charge in [-0.05, 0) is 43.0 Å². The van der Waals surface area contributed by atoms with Crippen LogP contribution in [0.3, 0.4) is 0 Å². The molecule has 0 aromatic heterocycles. The van der Waals surface area contributed by atoms with E-state index < -0.39 is 23.3 Å². The molecule has 1 fully saturated rings. The van der Waals surface area contributed by atoms with Crippen LogP contribution in [0, 0.1) is 5.92 Å². The van der Waals surface area contributed by atoms with Crippen LogP contribution in [0.1, 0.15) is 50.4 Å². The van der Waals surface area contributed by atoms with Crippen LogP contribution < -0.4 is 5.32 Å². The second kappa shape index (κ2) is 8.36. The molecule has 1 amide bonds. The van der Waals surface area contributed by atoms with E-state index in [1.54, 1.807) is 11.0 Å². The average molecular weight is 456 g/mol. The molecule has 0 saturated carbocycles. The number of hydrogen-bond donors (Lipinski definition) is 1. The summed E-state index contributed by atoms with van der Waals surface area (Å²) in [5.41, 5.74) is 1.93. The Balaban J connectivity index is 1.94. The van der Waals surface area contributed by atoms with E-state index in [-0.39, 0.29) is 18.4 Å². The maximum absolute atomic E-state index is 13.7. The van der Waals surface area contributed by atoms with Crippen molar-refractivity contribution < 1.29 is 18.0 Å². The van der Waals surface area contributed by atoms with Crippen molar-refractivity contribution in [1.29, 1.82) is 0 Å². The smallest absolute Gasteiger partial charge is 0.385 e. The molecule has 7 heteroatoms. The first-order valence-electron chi connectivity index (χ1n) is 11.1. The lowest BCUT2D eigenvalue weighted by molar-refractivity contribution is -0.137. The molecule has 2 aromatic carbocycles. The van der Waals surface area contributed by atoms with E-state index in [9.17, 15) is 18.0 Å². The van der Waals surface area contributed by atoms with Crippen LogP contribution in [-0.4, -0.2) is 28.6 Å². The molecular weight excluding hydrogens is 427 g/mol. The SMILES string of the molecule is CC(C)C1=C2C(=NC(C)(C)CN1)C(=O)N(Cc1ccccc1)C2c1cccc(C(F)(F)F)c1. The minimum absolute atomic E-state index is 0.0388. The number of allylic oxidation sites excluding steroid dienone is 1. The van der Waals surface area contributed by atoms with Crippen molar-refractivity contribution >= 4 is 11.6 Å². The molecular formula is C26H28F3N3O. The van der Waals surface area contributed by atoms with E-state index in [0.717, 1.165) is 23.4 Å². The van der Waals surface area contributed by atoms with Crippen LogP contribution in [0.15, 0.2) is 70.9 Å². The van der Waals surface area contributed by atoms with Crippen molar-refractivity contribution in [1.82, 2.24) is 10.2 Å². The van der Waals surface area contributed by atoms with Gasteiger partial charge in [-0.3, -0.25) is 9.79 Å². The number of alkyl halides is 3. The highest BCUT2D eigenvalue weighted by molar-refractivity contribution is 6.48. The largest absolute Gasteiger partial charge is 0.416 e. The highest BCUT2D eigenvalue weighted by Gasteiger charge is 2.46. The maximum atomic E-state index is 13.7. The number of rotatable bonds is 4. The topological polar surface area (TPSA) is 44.7 Å². The van der Waals surface area contributed by atoms with E-state index in [0.29, 0.717) is 23.4 Å². The quantitative estimate of drug-likeness (QED) is 0.660. The zero-order valence-electron chi connectivity index (χ0n) is 19.2. The van der Waals surface area contributed by atoms with Crippen LogP contribution in [0.2, 0.25) is 0 Å². The number of halogens is 3. The Kier molecular flexibility index (Phi) is 5.85. The van der Waals surface area contributed by atoms with Crippen LogP contribution in [0.25, 0.3) is 0 Å². The molecule has 4 rings (SSSR count). The average Bonchev–Trinajstić information content (AvgIpc) is 2.90. The van der Waals surface area contributed by atoms with Gasteiger partial charge in [-0.15, -0.1) is 0 Å². The molecule has 2 aromatic rings. The molecule has 0 spiro atoms. The summed E-state index contributed by atoms with van der Waals surface area (Å²) in [6, 6.07) is 14.1. The van der Waals surface area contributed by atoms with Gasteiger partial charge in [0, 0.05) is 24.4 Å². The zero-order valence-corrected chi connectivity index (χ0v) is 19.2. The molecule has 33 heavy (non-hydrogen) atoms. The van der Waals surface area contributed by atoms with E-state index in [1.165, 1.54) is 6.07 Å². The maximum Gasteiger partial charge on any atom is 0.416 e. The summed E-state index contributed by atoms with van der Waals surface area (Å²) in [5.74, 6) is -0.219. The van der Waals surface area contributed by atoms with Crippen LogP contribution in [0.4, 0.5) is 13.2 Å². The lowest BCUT2D eigenvalue weighted by Gasteiger charge is -2.28. The van der Waals surface area contributed by atoms with Crippen molar-refractivity contribution in [3.63, 3.8) is 0 Å². The van der Waals surface area contributed by atoms with Crippen molar-refractivity contribution in [2.24, 2.45) is 10.9 Å². The van der Waals surface area contributed by atoms with Gasteiger partial charge in [0.25, 0.3) is 5.91 Å². The van der Waals surface area contributed by atoms with Gasteiger partial charge in [0.15, 0.2) is 0 Å². The van der Waals surface area contributed by atoms with Gasteiger partial charge in [-0.1, -0.05) is 56.3 Å². The van der Waals surface area contributed by atoms with E-state index >= 15 is 0 Å². The van der Waals surface area contributed by atoms with Crippen molar-refractivity contribution in [3.8, 4) is 0 Å². The number of carbonyl (C=O) groups excluding carboxylic acids is 1. The lowest BCUT2D eigenvalue weighted by atomic mass is 9.91. The van der Waals surface area contributed by atoms with E-state index in [4.69, 9.17) is 4.99 Å². The fourth-order valence-corrected chi connectivity index (χ4v) is 4.48. The van der Waals surface area contributed by atoms with Gasteiger partial charge in [0.1, 0.15) is 5.71 Å². The van der Waals surface area contributed by atoms with Crippen molar-refractivity contribution in [2.75, 3.05) is 6.54 Å². The molecule has 4 nitrogen and oxygen atoms in total. The molecule has 1 unspecified atom stereocenters. The number of benzene rings is 2. The summed E-state index contributed by atoms with van der Waals surface area (Å²) in [5, 5.41) is 3.46. The Morgan fingerprint density at radius 2 is 1.82 bits per heavy atom. The molecule has 174 valence electrons. The highest BCUT2D eigenvalue weighted by atomic mass is 19.4. The number of aliphatic imine (C=N–C) groups is 1. The van der Waals surface area contributed by atoms with Gasteiger partial charge >= 0.3 is 6.18 Å². The van der Waals surface area contributed by atoms with Gasteiger partial charge in [0.2, 0.25) is 0 Å². The van der Waals surface area contributed by atoms with E-state index in [1.807, 2.05) is 58.0 Å². The number of likely N-dealkylation sites (tertiary alicyclic amines) is 1. The fraction of sp³-hybridized carbons (Fsp3) is 0.385. The van der Waals surface area contributed by atoms with Crippen molar-refractivity contribution in [2.45, 2.75) is 52.0 Å². The molecule has 1 N–H and O–H groups in total. The monoisotopic (exact) mass is 455 g/mol. The normalized spacial score (nSPS) is 20.5. The Bertz CT molecular complexity index is 1120. The summed E-state index contributed by atoms with van der Waals surface area (Å²) in [6.45, 7) is 8.72. The first kappa shape index (κ1) is 23.1. The molecule has 0 aliphatic carbocycles. The number of fused-ring (bicyclic) bond motifs is 1. The molecule has 2 aliphatic rings. The van der Waals surface area contributed by atoms with Crippen molar-refractivity contribution in [3.05, 3.63) is 82.6 Å². The summed E-state index contributed by atoms with van der Waals surface area (Å²) in [7, 11) is 0. The summed E-state index contributed by atoms with van der Waals surface area (Å²) in [4.78, 5) is 20.2. The number of nitrogens with one attached hydrogen (secondary N) is 1. The second-order valence-electron chi connectivity index (χ2n) is 9.55.